The van der Waals surface area contributed by atoms with Gasteiger partial charge in [0.25, 0.3) is 0 Å². The van der Waals surface area contributed by atoms with E-state index in [4.69, 9.17) is 15.0 Å². The molecule has 0 saturated carbocycles. The fourth-order valence-electron chi connectivity index (χ4n) is 3.05. The number of benzene rings is 3. The maximum Gasteiger partial charge on any atom is 0.164 e. The summed E-state index contributed by atoms with van der Waals surface area (Å²) in [5.41, 5.74) is 5.30. The molecule has 0 N–H and O–H groups in total. The van der Waals surface area contributed by atoms with E-state index in [1.54, 1.807) is 0 Å². The Kier molecular flexibility index (Phi) is 4.79. The second kappa shape index (κ2) is 7.54. The molecular weight excluding hydrogens is 329 g/mol. The molecule has 0 spiro atoms. The highest BCUT2D eigenvalue weighted by atomic mass is 15.0. The summed E-state index contributed by atoms with van der Waals surface area (Å²) < 4.78 is 0. The molecule has 0 aliphatic carbocycles. The minimum absolute atomic E-state index is 0.683. The van der Waals surface area contributed by atoms with E-state index in [2.05, 4.69) is 32.4 Å². The van der Waals surface area contributed by atoms with Crippen LogP contribution in [0.15, 0.2) is 78.9 Å². The topological polar surface area (TPSA) is 38.7 Å². The normalized spacial score (nSPS) is 10.6. The van der Waals surface area contributed by atoms with Crippen molar-refractivity contribution in [3.8, 4) is 34.2 Å². The van der Waals surface area contributed by atoms with Crippen LogP contribution >= 0.6 is 0 Å². The van der Waals surface area contributed by atoms with Gasteiger partial charge in [-0.15, -0.1) is 0 Å². The summed E-state index contributed by atoms with van der Waals surface area (Å²) >= 11 is 0. The molecule has 0 amide bonds. The number of aromatic nitrogens is 3. The lowest BCUT2D eigenvalue weighted by Crippen LogP contribution is -2.11. The number of nitrogens with zero attached hydrogens (tertiary/aromatic N) is 3. The quantitative estimate of drug-likeness (QED) is 0.508. The SMILES string of the molecule is C[B]c1cc(C)cc(-c2nc(-c3ccccc3)nc(-c3ccccc3)n2)c1. The van der Waals surface area contributed by atoms with E-state index >= 15 is 0 Å². The molecule has 4 heteroatoms. The lowest BCUT2D eigenvalue weighted by Gasteiger charge is -2.10. The lowest BCUT2D eigenvalue weighted by atomic mass is 9.72. The number of hydrogen-bond acceptors (Lipinski definition) is 3. The minimum Gasteiger partial charge on any atom is -0.208 e. The van der Waals surface area contributed by atoms with Crippen LogP contribution in [0.5, 0.6) is 0 Å². The Morgan fingerprint density at radius 2 is 1.07 bits per heavy atom. The standard InChI is InChI=1S/C23H19BN3/c1-16-13-19(15-20(14-16)24-2)23-26-21(17-9-5-3-6-10-17)25-22(27-23)18-11-7-4-8-12-18/h3-15H,1-2H3. The number of hydrogen-bond donors (Lipinski definition) is 0. The van der Waals surface area contributed by atoms with Gasteiger partial charge in [-0.25, -0.2) is 15.0 Å². The van der Waals surface area contributed by atoms with E-state index in [0.717, 1.165) is 22.2 Å². The van der Waals surface area contributed by atoms with Crippen LogP contribution in [-0.4, -0.2) is 22.2 Å². The van der Waals surface area contributed by atoms with E-state index in [1.165, 1.54) is 5.56 Å². The van der Waals surface area contributed by atoms with Gasteiger partial charge < -0.3 is 0 Å². The van der Waals surface area contributed by atoms with Crippen LogP contribution in [0.25, 0.3) is 34.2 Å². The third-order valence-corrected chi connectivity index (χ3v) is 4.39. The van der Waals surface area contributed by atoms with E-state index < -0.39 is 0 Å². The lowest BCUT2D eigenvalue weighted by molar-refractivity contribution is 1.07. The first-order valence-electron chi connectivity index (χ1n) is 9.01. The fraction of sp³-hybridized carbons (Fsp3) is 0.0870. The summed E-state index contributed by atoms with van der Waals surface area (Å²) in [4.78, 5) is 14.3. The van der Waals surface area contributed by atoms with Gasteiger partial charge in [0.15, 0.2) is 17.5 Å². The number of aryl methyl sites for hydroxylation is 1. The van der Waals surface area contributed by atoms with Crippen LogP contribution in [0.3, 0.4) is 0 Å². The Balaban J connectivity index is 1.92. The first-order chi connectivity index (χ1) is 13.2. The smallest absolute Gasteiger partial charge is 0.164 e. The summed E-state index contributed by atoms with van der Waals surface area (Å²) in [7, 11) is 2.09. The highest BCUT2D eigenvalue weighted by molar-refractivity contribution is 6.52. The molecule has 0 bridgehead atoms. The Bertz CT molecular complexity index is 1010. The molecule has 129 valence electrons. The average molecular weight is 348 g/mol. The Labute approximate surface area is 160 Å². The summed E-state index contributed by atoms with van der Waals surface area (Å²) in [6.07, 6.45) is 0. The predicted molar refractivity (Wildman–Crippen MR) is 112 cm³/mol. The summed E-state index contributed by atoms with van der Waals surface area (Å²) in [6, 6.07) is 26.5. The molecule has 1 heterocycles. The Morgan fingerprint density at radius 1 is 0.593 bits per heavy atom. The molecule has 3 nitrogen and oxygen atoms in total. The third-order valence-electron chi connectivity index (χ3n) is 4.39. The second-order valence-corrected chi connectivity index (χ2v) is 6.46. The Morgan fingerprint density at radius 3 is 1.56 bits per heavy atom. The predicted octanol–water partition coefficient (Wildman–Crippen LogP) is 4.56. The molecule has 4 rings (SSSR count). The number of rotatable bonds is 4. The van der Waals surface area contributed by atoms with Gasteiger partial charge in [0.1, 0.15) is 7.28 Å². The van der Waals surface area contributed by atoms with Gasteiger partial charge in [-0.05, 0) is 13.0 Å². The molecule has 0 saturated heterocycles. The fourth-order valence-corrected chi connectivity index (χ4v) is 3.05. The molecule has 0 unspecified atom stereocenters. The van der Waals surface area contributed by atoms with Gasteiger partial charge in [0.05, 0.1) is 0 Å². The van der Waals surface area contributed by atoms with E-state index in [0.29, 0.717) is 17.5 Å². The maximum absolute atomic E-state index is 4.78. The van der Waals surface area contributed by atoms with Crippen LogP contribution in [0.1, 0.15) is 5.56 Å². The molecular formula is C23H19BN3. The van der Waals surface area contributed by atoms with Crippen LogP contribution in [0.4, 0.5) is 0 Å². The van der Waals surface area contributed by atoms with Crippen molar-refractivity contribution in [3.63, 3.8) is 0 Å². The molecule has 1 radical (unpaired) electrons. The molecule has 27 heavy (non-hydrogen) atoms. The summed E-state index contributed by atoms with van der Waals surface area (Å²) in [5.74, 6) is 2.06. The zero-order valence-electron chi connectivity index (χ0n) is 15.4. The molecule has 0 aliphatic rings. The van der Waals surface area contributed by atoms with E-state index in [9.17, 15) is 0 Å². The van der Waals surface area contributed by atoms with E-state index in [-0.39, 0.29) is 0 Å². The Hall–Kier alpha value is -3.27. The largest absolute Gasteiger partial charge is 0.208 e. The van der Waals surface area contributed by atoms with Crippen LogP contribution < -0.4 is 5.46 Å². The highest BCUT2D eigenvalue weighted by Gasteiger charge is 2.12. The zero-order chi connectivity index (χ0) is 18.6. The minimum atomic E-state index is 0.683. The first kappa shape index (κ1) is 17.2. The average Bonchev–Trinajstić information content (AvgIpc) is 2.74. The third kappa shape index (κ3) is 3.80. The molecule has 0 fully saturated rings. The molecule has 0 atom stereocenters. The molecule has 0 aliphatic heterocycles. The first-order valence-corrected chi connectivity index (χ1v) is 9.01. The van der Waals surface area contributed by atoms with Crippen LogP contribution in [0, 0.1) is 6.92 Å². The molecule has 1 aromatic heterocycles. The van der Waals surface area contributed by atoms with E-state index in [1.807, 2.05) is 67.5 Å². The second-order valence-electron chi connectivity index (χ2n) is 6.46. The van der Waals surface area contributed by atoms with Gasteiger partial charge in [-0.1, -0.05) is 90.6 Å². The van der Waals surface area contributed by atoms with Crippen molar-refractivity contribution in [2.24, 2.45) is 0 Å². The molecule has 3 aromatic carbocycles. The summed E-state index contributed by atoms with van der Waals surface area (Å²) in [6.45, 7) is 4.13. The van der Waals surface area contributed by atoms with Crippen molar-refractivity contribution in [1.29, 1.82) is 0 Å². The van der Waals surface area contributed by atoms with Gasteiger partial charge in [-0.3, -0.25) is 0 Å². The van der Waals surface area contributed by atoms with Crippen molar-refractivity contribution in [3.05, 3.63) is 84.4 Å². The van der Waals surface area contributed by atoms with Crippen molar-refractivity contribution in [1.82, 2.24) is 15.0 Å². The van der Waals surface area contributed by atoms with Crippen LogP contribution in [-0.2, 0) is 0 Å². The van der Waals surface area contributed by atoms with Gasteiger partial charge in [0.2, 0.25) is 0 Å². The van der Waals surface area contributed by atoms with Gasteiger partial charge >= 0.3 is 0 Å². The van der Waals surface area contributed by atoms with Crippen molar-refractivity contribution in [2.75, 3.05) is 0 Å². The van der Waals surface area contributed by atoms with Crippen LogP contribution in [0.2, 0.25) is 6.82 Å². The summed E-state index contributed by atoms with van der Waals surface area (Å²) in [5, 5.41) is 0. The molecule has 4 aromatic rings. The van der Waals surface area contributed by atoms with Crippen molar-refractivity contribution < 1.29 is 0 Å². The highest BCUT2D eigenvalue weighted by Crippen LogP contribution is 2.24. The zero-order valence-corrected chi connectivity index (χ0v) is 15.4. The van der Waals surface area contributed by atoms with Crippen molar-refractivity contribution >= 4 is 12.7 Å². The maximum atomic E-state index is 4.78. The van der Waals surface area contributed by atoms with Gasteiger partial charge in [-0.2, -0.15) is 0 Å². The monoisotopic (exact) mass is 348 g/mol. The van der Waals surface area contributed by atoms with Crippen molar-refractivity contribution in [2.45, 2.75) is 13.7 Å². The van der Waals surface area contributed by atoms with Gasteiger partial charge in [0, 0.05) is 16.7 Å².